The summed E-state index contributed by atoms with van der Waals surface area (Å²) in [6, 6.07) is 7.72. The molecular formula is C14H20N2O3. The lowest BCUT2D eigenvalue weighted by Crippen LogP contribution is -2.37. The van der Waals surface area contributed by atoms with Gasteiger partial charge in [0.1, 0.15) is 0 Å². The summed E-state index contributed by atoms with van der Waals surface area (Å²) in [6.45, 7) is 2.93. The first-order valence-electron chi connectivity index (χ1n) is 6.26. The average molecular weight is 264 g/mol. The highest BCUT2D eigenvalue weighted by Crippen LogP contribution is 2.09. The number of carbonyl (C=O) groups excluding carboxylic acids is 1. The maximum Gasteiger partial charge on any atom is 0.317 e. The molecule has 0 aromatic heterocycles. The van der Waals surface area contributed by atoms with Crippen LogP contribution in [0.1, 0.15) is 24.0 Å². The van der Waals surface area contributed by atoms with E-state index < -0.39 is 5.97 Å². The number of carboxylic acid groups (broad SMARTS) is 1. The van der Waals surface area contributed by atoms with E-state index in [0.29, 0.717) is 19.5 Å². The molecule has 5 heteroatoms. The first-order chi connectivity index (χ1) is 9.00. The smallest absolute Gasteiger partial charge is 0.317 e. The molecule has 5 nitrogen and oxygen atoms in total. The van der Waals surface area contributed by atoms with Crippen molar-refractivity contribution in [3.05, 3.63) is 35.4 Å². The van der Waals surface area contributed by atoms with Gasteiger partial charge in [-0.2, -0.15) is 0 Å². The molecule has 1 aromatic carbocycles. The minimum absolute atomic E-state index is 0.0712. The van der Waals surface area contributed by atoms with E-state index in [1.54, 1.807) is 11.9 Å². The van der Waals surface area contributed by atoms with Gasteiger partial charge in [0.25, 0.3) is 0 Å². The van der Waals surface area contributed by atoms with E-state index in [4.69, 9.17) is 5.11 Å². The summed E-state index contributed by atoms with van der Waals surface area (Å²) in [5, 5.41) is 11.2. The number of hydrogen-bond donors (Lipinski definition) is 2. The van der Waals surface area contributed by atoms with E-state index in [9.17, 15) is 9.59 Å². The molecule has 19 heavy (non-hydrogen) atoms. The van der Waals surface area contributed by atoms with E-state index in [0.717, 1.165) is 11.1 Å². The van der Waals surface area contributed by atoms with Gasteiger partial charge in [0.2, 0.25) is 0 Å². The largest absolute Gasteiger partial charge is 0.481 e. The predicted molar refractivity (Wildman–Crippen MR) is 72.9 cm³/mol. The molecule has 1 aromatic rings. The van der Waals surface area contributed by atoms with Crippen molar-refractivity contribution in [3.8, 4) is 0 Å². The quantitative estimate of drug-likeness (QED) is 0.772. The molecule has 0 saturated carbocycles. The van der Waals surface area contributed by atoms with Crippen molar-refractivity contribution in [1.82, 2.24) is 10.2 Å². The van der Waals surface area contributed by atoms with Crippen LogP contribution in [0.15, 0.2) is 24.3 Å². The van der Waals surface area contributed by atoms with Gasteiger partial charge in [0.15, 0.2) is 0 Å². The second kappa shape index (κ2) is 7.41. The van der Waals surface area contributed by atoms with Gasteiger partial charge >= 0.3 is 12.0 Å². The van der Waals surface area contributed by atoms with Crippen molar-refractivity contribution < 1.29 is 14.7 Å². The van der Waals surface area contributed by atoms with Crippen molar-refractivity contribution in [2.75, 3.05) is 13.6 Å². The van der Waals surface area contributed by atoms with E-state index in [1.165, 1.54) is 0 Å². The molecule has 0 spiro atoms. The molecule has 0 unspecified atom stereocenters. The summed E-state index contributed by atoms with van der Waals surface area (Å²) in [5.41, 5.74) is 2.25. The highest BCUT2D eigenvalue weighted by atomic mass is 16.4. The van der Waals surface area contributed by atoms with Gasteiger partial charge in [-0.05, 0) is 24.5 Å². The molecule has 0 radical (unpaired) electrons. The van der Waals surface area contributed by atoms with Gasteiger partial charge in [-0.15, -0.1) is 0 Å². The summed E-state index contributed by atoms with van der Waals surface area (Å²) >= 11 is 0. The SMILES string of the molecule is Cc1ccccc1CN(C)C(=O)NCCCC(=O)O. The monoisotopic (exact) mass is 264 g/mol. The maximum atomic E-state index is 11.8. The Morgan fingerprint density at radius 2 is 2.00 bits per heavy atom. The van der Waals surface area contributed by atoms with E-state index >= 15 is 0 Å². The van der Waals surface area contributed by atoms with Crippen molar-refractivity contribution in [1.29, 1.82) is 0 Å². The lowest BCUT2D eigenvalue weighted by atomic mass is 10.1. The van der Waals surface area contributed by atoms with Crippen molar-refractivity contribution in [3.63, 3.8) is 0 Å². The lowest BCUT2D eigenvalue weighted by Gasteiger charge is -2.19. The Hall–Kier alpha value is -2.04. The molecular weight excluding hydrogens is 244 g/mol. The Labute approximate surface area is 113 Å². The number of benzene rings is 1. The molecule has 0 fully saturated rings. The Morgan fingerprint density at radius 1 is 1.32 bits per heavy atom. The van der Waals surface area contributed by atoms with Crippen LogP contribution in [-0.2, 0) is 11.3 Å². The highest BCUT2D eigenvalue weighted by molar-refractivity contribution is 5.74. The molecule has 0 heterocycles. The molecule has 0 aliphatic rings. The zero-order valence-electron chi connectivity index (χ0n) is 11.3. The van der Waals surface area contributed by atoms with Crippen molar-refractivity contribution >= 4 is 12.0 Å². The lowest BCUT2D eigenvalue weighted by molar-refractivity contribution is -0.137. The molecule has 0 atom stereocenters. The predicted octanol–water partition coefficient (Wildman–Crippen LogP) is 2.00. The standard InChI is InChI=1S/C14H20N2O3/c1-11-6-3-4-7-12(11)10-16(2)14(19)15-9-5-8-13(17)18/h3-4,6-7H,5,8-10H2,1-2H3,(H,15,19)(H,17,18). The summed E-state index contributed by atoms with van der Waals surface area (Å²) in [6.07, 6.45) is 0.515. The maximum absolute atomic E-state index is 11.8. The number of hydrogen-bond acceptors (Lipinski definition) is 2. The van der Waals surface area contributed by atoms with Crippen LogP contribution in [0.5, 0.6) is 0 Å². The zero-order chi connectivity index (χ0) is 14.3. The molecule has 2 N–H and O–H groups in total. The normalized spacial score (nSPS) is 10.0. The topological polar surface area (TPSA) is 69.6 Å². The number of rotatable bonds is 6. The Balaban J connectivity index is 2.37. The molecule has 2 amide bonds. The van der Waals surface area contributed by atoms with Crippen molar-refractivity contribution in [2.45, 2.75) is 26.3 Å². The van der Waals surface area contributed by atoms with E-state index in [-0.39, 0.29) is 12.5 Å². The van der Waals surface area contributed by atoms with E-state index in [1.807, 2.05) is 31.2 Å². The van der Waals surface area contributed by atoms with E-state index in [2.05, 4.69) is 5.32 Å². The third-order valence-electron chi connectivity index (χ3n) is 2.86. The van der Waals surface area contributed by atoms with Gasteiger partial charge in [-0.1, -0.05) is 24.3 Å². The van der Waals surface area contributed by atoms with Crippen LogP contribution < -0.4 is 5.32 Å². The minimum atomic E-state index is -0.845. The number of urea groups is 1. The molecule has 104 valence electrons. The summed E-state index contributed by atoms with van der Waals surface area (Å²) in [5.74, 6) is -0.845. The highest BCUT2D eigenvalue weighted by Gasteiger charge is 2.09. The number of nitrogens with zero attached hydrogens (tertiary/aromatic N) is 1. The van der Waals surface area contributed by atoms with Gasteiger partial charge in [-0.25, -0.2) is 4.79 Å². The third-order valence-corrected chi connectivity index (χ3v) is 2.86. The number of carboxylic acids is 1. The van der Waals surface area contributed by atoms with Crippen LogP contribution in [0.2, 0.25) is 0 Å². The number of aryl methyl sites for hydroxylation is 1. The Kier molecular flexibility index (Phi) is 5.85. The van der Waals surface area contributed by atoms with Gasteiger partial charge < -0.3 is 15.3 Å². The molecule has 0 aliphatic heterocycles. The third kappa shape index (κ3) is 5.42. The molecule has 0 aliphatic carbocycles. The van der Waals surface area contributed by atoms with Crippen LogP contribution in [0.3, 0.4) is 0 Å². The first kappa shape index (κ1) is 15.0. The Bertz CT molecular complexity index is 446. The Morgan fingerprint density at radius 3 is 2.63 bits per heavy atom. The van der Waals surface area contributed by atoms with Crippen LogP contribution in [0.4, 0.5) is 4.79 Å². The summed E-state index contributed by atoms with van der Waals surface area (Å²) < 4.78 is 0. The van der Waals surface area contributed by atoms with Crippen molar-refractivity contribution in [2.24, 2.45) is 0 Å². The van der Waals surface area contributed by atoms with Crippen LogP contribution in [0.25, 0.3) is 0 Å². The van der Waals surface area contributed by atoms with Gasteiger partial charge in [0, 0.05) is 26.6 Å². The zero-order valence-corrected chi connectivity index (χ0v) is 11.3. The molecule has 1 rings (SSSR count). The number of amides is 2. The van der Waals surface area contributed by atoms with Crippen LogP contribution in [0, 0.1) is 6.92 Å². The second-order valence-corrected chi connectivity index (χ2v) is 4.51. The average Bonchev–Trinajstić information content (AvgIpc) is 2.36. The number of nitrogens with one attached hydrogen (secondary N) is 1. The fourth-order valence-electron chi connectivity index (χ4n) is 1.68. The van der Waals surface area contributed by atoms with Gasteiger partial charge in [-0.3, -0.25) is 4.79 Å². The first-order valence-corrected chi connectivity index (χ1v) is 6.26. The molecule has 0 saturated heterocycles. The molecule has 0 bridgehead atoms. The fourth-order valence-corrected chi connectivity index (χ4v) is 1.68. The minimum Gasteiger partial charge on any atom is -0.481 e. The van der Waals surface area contributed by atoms with Gasteiger partial charge in [0.05, 0.1) is 0 Å². The number of aliphatic carboxylic acids is 1. The van der Waals surface area contributed by atoms with Crippen LogP contribution >= 0.6 is 0 Å². The van der Waals surface area contributed by atoms with Crippen LogP contribution in [-0.4, -0.2) is 35.6 Å². The second-order valence-electron chi connectivity index (χ2n) is 4.51. The fraction of sp³-hybridized carbons (Fsp3) is 0.429. The number of carbonyl (C=O) groups is 2. The summed E-state index contributed by atoms with van der Waals surface area (Å²) in [7, 11) is 1.72. The summed E-state index contributed by atoms with van der Waals surface area (Å²) in [4.78, 5) is 23.7.